The summed E-state index contributed by atoms with van der Waals surface area (Å²) in [5.74, 6) is -2.04. The largest absolute Gasteiger partial charge is 0.465 e. The third-order valence-electron chi connectivity index (χ3n) is 8.01. The molecule has 192 valence electrons. The minimum Gasteiger partial charge on any atom is -0.465 e. The van der Waals surface area contributed by atoms with Crippen molar-refractivity contribution in [1.29, 1.82) is 0 Å². The molecule has 1 aromatic carbocycles. The van der Waals surface area contributed by atoms with Gasteiger partial charge in [0.2, 0.25) is 5.91 Å². The van der Waals surface area contributed by atoms with Gasteiger partial charge in [-0.25, -0.2) is 10.3 Å². The minimum absolute atomic E-state index is 0.193. The Morgan fingerprint density at radius 3 is 2.26 bits per heavy atom. The molecule has 35 heavy (non-hydrogen) atoms. The molecule has 2 saturated heterocycles. The van der Waals surface area contributed by atoms with Gasteiger partial charge >= 0.3 is 6.09 Å². The molecule has 2 heterocycles. The molecule has 3 amide bonds. The summed E-state index contributed by atoms with van der Waals surface area (Å²) in [4.78, 5) is 47.3. The predicted molar refractivity (Wildman–Crippen MR) is 130 cm³/mol. The van der Waals surface area contributed by atoms with Crippen LogP contribution in [0.2, 0.25) is 0 Å². The summed E-state index contributed by atoms with van der Waals surface area (Å²) in [7, 11) is 1.84. The first-order valence-corrected chi connectivity index (χ1v) is 12.6. The van der Waals surface area contributed by atoms with E-state index in [0.29, 0.717) is 45.6 Å². The molecule has 0 spiro atoms. The second-order valence-electron chi connectivity index (χ2n) is 10.0. The Balaban J connectivity index is 1.67. The SMILES string of the molecule is CN1CC[C@](C(=O)N2CCN(c3ccccc3)CC2)(N(C(=O)O)C2CCCCC2)[C@@H](C(=O)NO)C1. The highest BCUT2D eigenvalue weighted by Crippen LogP contribution is 2.40. The second-order valence-corrected chi connectivity index (χ2v) is 10.0. The number of hydrogen-bond acceptors (Lipinski definition) is 6. The number of nitrogens with zero attached hydrogens (tertiary/aromatic N) is 4. The number of likely N-dealkylation sites (tertiary alicyclic amines) is 1. The number of carbonyl (C=O) groups excluding carboxylic acids is 2. The molecule has 2 atom stereocenters. The maximum Gasteiger partial charge on any atom is 0.408 e. The Labute approximate surface area is 206 Å². The fourth-order valence-electron chi connectivity index (χ4n) is 6.19. The molecule has 3 N–H and O–H groups in total. The predicted octanol–water partition coefficient (Wildman–Crippen LogP) is 1.84. The highest BCUT2D eigenvalue weighted by atomic mass is 16.5. The fraction of sp³-hybridized carbons (Fsp3) is 0.640. The minimum atomic E-state index is -1.55. The smallest absolute Gasteiger partial charge is 0.408 e. The zero-order valence-corrected chi connectivity index (χ0v) is 20.4. The maximum absolute atomic E-state index is 14.4. The highest BCUT2D eigenvalue weighted by Gasteiger charge is 2.60. The van der Waals surface area contributed by atoms with E-state index in [0.717, 1.165) is 24.9 Å². The average Bonchev–Trinajstić information content (AvgIpc) is 2.90. The van der Waals surface area contributed by atoms with Crippen LogP contribution in [0.5, 0.6) is 0 Å². The van der Waals surface area contributed by atoms with E-state index >= 15 is 0 Å². The molecule has 2 aliphatic heterocycles. The Bertz CT molecular complexity index is 901. The van der Waals surface area contributed by atoms with Gasteiger partial charge in [0, 0.05) is 51.0 Å². The average molecular weight is 488 g/mol. The monoisotopic (exact) mass is 487 g/mol. The Morgan fingerprint density at radius 2 is 1.66 bits per heavy atom. The summed E-state index contributed by atoms with van der Waals surface area (Å²) in [6.45, 7) is 2.81. The molecule has 0 unspecified atom stereocenters. The lowest BCUT2D eigenvalue weighted by atomic mass is 9.73. The van der Waals surface area contributed by atoms with Crippen molar-refractivity contribution in [3.8, 4) is 0 Å². The van der Waals surface area contributed by atoms with Crippen molar-refractivity contribution in [3.63, 3.8) is 0 Å². The molecule has 1 aliphatic carbocycles. The second kappa shape index (κ2) is 10.8. The molecule has 4 rings (SSSR count). The lowest BCUT2D eigenvalue weighted by Gasteiger charge is -2.54. The highest BCUT2D eigenvalue weighted by molar-refractivity contribution is 5.96. The molecule has 1 saturated carbocycles. The summed E-state index contributed by atoms with van der Waals surface area (Å²) in [5, 5.41) is 20.0. The number of anilines is 1. The summed E-state index contributed by atoms with van der Waals surface area (Å²) < 4.78 is 0. The van der Waals surface area contributed by atoms with Crippen molar-refractivity contribution >= 4 is 23.6 Å². The lowest BCUT2D eigenvalue weighted by Crippen LogP contribution is -2.74. The molecule has 0 aromatic heterocycles. The van der Waals surface area contributed by atoms with Crippen LogP contribution in [0.3, 0.4) is 0 Å². The molecule has 3 aliphatic rings. The summed E-state index contributed by atoms with van der Waals surface area (Å²) >= 11 is 0. The van der Waals surface area contributed by atoms with Gasteiger partial charge in [0.05, 0.1) is 5.92 Å². The molecular weight excluding hydrogens is 450 g/mol. The van der Waals surface area contributed by atoms with Gasteiger partial charge in [-0.05, 0) is 38.4 Å². The van der Waals surface area contributed by atoms with E-state index in [1.807, 2.05) is 42.3 Å². The van der Waals surface area contributed by atoms with E-state index < -0.39 is 23.5 Å². The number of piperazine rings is 1. The van der Waals surface area contributed by atoms with E-state index in [1.165, 1.54) is 4.90 Å². The summed E-state index contributed by atoms with van der Waals surface area (Å²) in [5.41, 5.74) is 1.26. The van der Waals surface area contributed by atoms with Crippen molar-refractivity contribution < 1.29 is 24.7 Å². The van der Waals surface area contributed by atoms with Crippen LogP contribution in [0.4, 0.5) is 10.5 Å². The first-order valence-electron chi connectivity index (χ1n) is 12.6. The van der Waals surface area contributed by atoms with Crippen LogP contribution in [-0.4, -0.2) is 101 Å². The van der Waals surface area contributed by atoms with Crippen LogP contribution >= 0.6 is 0 Å². The van der Waals surface area contributed by atoms with E-state index in [-0.39, 0.29) is 24.9 Å². The van der Waals surface area contributed by atoms with Gasteiger partial charge in [-0.2, -0.15) is 0 Å². The summed E-state index contributed by atoms with van der Waals surface area (Å²) in [6, 6.07) is 9.67. The van der Waals surface area contributed by atoms with Crippen molar-refractivity contribution in [3.05, 3.63) is 30.3 Å². The molecule has 1 aromatic rings. The number of hydroxylamine groups is 1. The number of rotatable bonds is 5. The number of para-hydroxylation sites is 1. The molecule has 10 heteroatoms. The van der Waals surface area contributed by atoms with Gasteiger partial charge in [0.1, 0.15) is 5.54 Å². The van der Waals surface area contributed by atoms with Crippen molar-refractivity contribution in [2.75, 3.05) is 51.2 Å². The first kappa shape index (κ1) is 25.2. The van der Waals surface area contributed by atoms with Gasteiger partial charge in [0.25, 0.3) is 5.91 Å². The van der Waals surface area contributed by atoms with Crippen molar-refractivity contribution in [2.45, 2.75) is 50.1 Å². The van der Waals surface area contributed by atoms with E-state index in [4.69, 9.17) is 0 Å². The Kier molecular flexibility index (Phi) is 7.81. The Morgan fingerprint density at radius 1 is 1.00 bits per heavy atom. The Hall–Kier alpha value is -2.85. The van der Waals surface area contributed by atoms with Crippen LogP contribution in [0.1, 0.15) is 38.5 Å². The molecule has 0 radical (unpaired) electrons. The lowest BCUT2D eigenvalue weighted by molar-refractivity contribution is -0.163. The normalized spacial score (nSPS) is 26.3. The summed E-state index contributed by atoms with van der Waals surface area (Å²) in [6.07, 6.45) is 3.21. The van der Waals surface area contributed by atoms with E-state index in [9.17, 15) is 24.7 Å². The zero-order chi connectivity index (χ0) is 25.0. The molecule has 3 fully saturated rings. The maximum atomic E-state index is 14.4. The van der Waals surface area contributed by atoms with Crippen LogP contribution in [0.15, 0.2) is 30.3 Å². The number of piperidine rings is 1. The van der Waals surface area contributed by atoms with Crippen LogP contribution in [0.25, 0.3) is 0 Å². The van der Waals surface area contributed by atoms with Gasteiger partial charge in [0.15, 0.2) is 0 Å². The van der Waals surface area contributed by atoms with Crippen molar-refractivity contribution in [1.82, 2.24) is 20.2 Å². The van der Waals surface area contributed by atoms with E-state index in [2.05, 4.69) is 4.90 Å². The van der Waals surface area contributed by atoms with Crippen LogP contribution < -0.4 is 10.4 Å². The van der Waals surface area contributed by atoms with Crippen LogP contribution in [-0.2, 0) is 9.59 Å². The van der Waals surface area contributed by atoms with Gasteiger partial charge in [-0.3, -0.25) is 19.7 Å². The third kappa shape index (κ3) is 4.95. The first-order chi connectivity index (χ1) is 16.9. The molecule has 10 nitrogen and oxygen atoms in total. The fourth-order valence-corrected chi connectivity index (χ4v) is 6.19. The topological polar surface area (TPSA) is 117 Å². The van der Waals surface area contributed by atoms with Crippen molar-refractivity contribution in [2.24, 2.45) is 5.92 Å². The third-order valence-corrected chi connectivity index (χ3v) is 8.01. The van der Waals surface area contributed by atoms with Gasteiger partial charge in [-0.15, -0.1) is 0 Å². The van der Waals surface area contributed by atoms with E-state index in [1.54, 1.807) is 10.4 Å². The number of benzene rings is 1. The number of amides is 3. The standard InChI is InChI=1S/C25H37N5O5/c1-27-13-12-25(21(18-27)22(31)26-35,30(24(33)34)20-10-6-3-7-11-20)23(32)29-16-14-28(15-17-29)19-8-4-2-5-9-19/h2,4-5,8-9,20-21,35H,3,6-7,10-18H2,1H3,(H,26,31)(H,33,34)/t21-,25+/m1/s1. The zero-order valence-electron chi connectivity index (χ0n) is 20.4. The quantitative estimate of drug-likeness (QED) is 0.429. The molecule has 0 bridgehead atoms. The number of hydrogen-bond donors (Lipinski definition) is 3. The number of carbonyl (C=O) groups is 3. The number of carboxylic acid groups (broad SMARTS) is 1. The van der Waals surface area contributed by atoms with Gasteiger partial charge < -0.3 is 19.8 Å². The number of nitrogens with one attached hydrogen (secondary N) is 1. The van der Waals surface area contributed by atoms with Crippen LogP contribution in [0, 0.1) is 5.92 Å². The molecular formula is C25H37N5O5. The van der Waals surface area contributed by atoms with Gasteiger partial charge in [-0.1, -0.05) is 37.5 Å².